The second-order valence-electron chi connectivity index (χ2n) is 9.53. The molecular formula is C33H47N3O8P+. The number of ether oxygens (including phenoxy) is 2. The Balaban J connectivity index is 0.000000398. The number of rotatable bonds is 11. The molecule has 0 fully saturated rings. The summed E-state index contributed by atoms with van der Waals surface area (Å²) in [6.07, 6.45) is -0.642. The second-order valence-corrected chi connectivity index (χ2v) is 10.8. The number of carbonyl (C=O) groups excluding carboxylic acids is 1. The van der Waals surface area contributed by atoms with E-state index < -0.39 is 14.0 Å². The highest BCUT2D eigenvalue weighted by molar-refractivity contribution is 7.46. The van der Waals surface area contributed by atoms with Crippen LogP contribution in [0.3, 0.4) is 0 Å². The van der Waals surface area contributed by atoms with Gasteiger partial charge in [0.2, 0.25) is 5.36 Å². The number of nitrogens with zero attached hydrogens (tertiary/aromatic N) is 2. The third-order valence-electron chi connectivity index (χ3n) is 6.94. The van der Waals surface area contributed by atoms with Crippen LogP contribution in [-0.4, -0.2) is 69.5 Å². The molecule has 0 unspecified atom stereocenters. The zero-order chi connectivity index (χ0) is 33.4. The first-order chi connectivity index (χ1) is 21.6. The van der Waals surface area contributed by atoms with Gasteiger partial charge in [-0.3, -0.25) is 4.52 Å². The van der Waals surface area contributed by atoms with Crippen molar-refractivity contribution in [3.8, 4) is 22.5 Å². The number of carbonyl (C=O) groups is 1. The van der Waals surface area contributed by atoms with E-state index in [-0.39, 0.29) is 19.6 Å². The fraction of sp³-hybridized carbons (Fsp3) is 0.394. The van der Waals surface area contributed by atoms with Crippen molar-refractivity contribution in [2.24, 2.45) is 5.73 Å². The molecule has 4 rings (SSSR count). The normalized spacial score (nSPS) is 10.8. The Hall–Kier alpha value is -3.73. The molecular weight excluding hydrogens is 597 g/mol. The molecule has 0 amide bonds. The number of hydrogen-bond acceptors (Lipinski definition) is 8. The number of phosphoric acid groups is 1. The van der Waals surface area contributed by atoms with Gasteiger partial charge in [0.05, 0.1) is 26.4 Å². The largest absolute Gasteiger partial charge is 0.507 e. The van der Waals surface area contributed by atoms with Crippen molar-refractivity contribution in [2.45, 2.75) is 34.1 Å². The molecule has 1 aliphatic heterocycles. The van der Waals surface area contributed by atoms with Gasteiger partial charge in [-0.1, -0.05) is 30.3 Å². The zero-order valence-electron chi connectivity index (χ0n) is 27.1. The van der Waals surface area contributed by atoms with Crippen molar-refractivity contribution in [2.75, 3.05) is 58.5 Å². The molecule has 12 heteroatoms. The molecule has 0 spiro atoms. The van der Waals surface area contributed by atoms with Gasteiger partial charge in [-0.2, -0.15) is 0 Å². The Labute approximate surface area is 265 Å². The Morgan fingerprint density at radius 3 is 2.18 bits per heavy atom. The van der Waals surface area contributed by atoms with Gasteiger partial charge in [-0.15, -0.1) is 0 Å². The van der Waals surface area contributed by atoms with E-state index in [1.54, 1.807) is 0 Å². The number of phosphoric ester groups is 1. The molecule has 0 aromatic heterocycles. The molecule has 1 heterocycles. The molecule has 2 aromatic carbocycles. The van der Waals surface area contributed by atoms with Gasteiger partial charge in [0, 0.05) is 53.8 Å². The van der Waals surface area contributed by atoms with Gasteiger partial charge < -0.3 is 34.3 Å². The molecule has 4 N–H and O–H groups in total. The molecule has 2 aromatic rings. The summed E-state index contributed by atoms with van der Waals surface area (Å²) >= 11 is 0. The minimum atomic E-state index is -4.41. The van der Waals surface area contributed by atoms with Gasteiger partial charge >= 0.3 is 14.0 Å². The molecule has 0 saturated carbocycles. The third kappa shape index (κ3) is 11.0. The van der Waals surface area contributed by atoms with Gasteiger partial charge in [0.25, 0.3) is 0 Å². The number of hydrogen-bond donors (Lipinski definition) is 3. The molecule has 246 valence electrons. The monoisotopic (exact) mass is 644 g/mol. The molecule has 0 bridgehead atoms. The van der Waals surface area contributed by atoms with Gasteiger partial charge in [-0.05, 0) is 58.5 Å². The summed E-state index contributed by atoms with van der Waals surface area (Å²) in [5.41, 5.74) is 10.2. The minimum absolute atomic E-state index is 0.00727. The molecule has 2 aliphatic rings. The van der Waals surface area contributed by atoms with E-state index in [1.807, 2.05) is 0 Å². The van der Waals surface area contributed by atoms with Crippen LogP contribution in [0.4, 0.5) is 10.5 Å². The summed E-state index contributed by atoms with van der Waals surface area (Å²) in [6.45, 7) is 12.5. The second kappa shape index (κ2) is 18.9. The van der Waals surface area contributed by atoms with Crippen molar-refractivity contribution in [3.05, 3.63) is 72.1 Å². The fourth-order valence-electron chi connectivity index (χ4n) is 4.81. The maximum atomic E-state index is 10.3. The SMILES string of the molecule is CCN(CC)c1ccc2c(-c3ccccc3)c3ccc(=[N+](CC)CC)cc-3oc2c1.CN.COC(=O)OCCCOP(=O)(O)O. The van der Waals surface area contributed by atoms with Crippen LogP contribution in [0, 0.1) is 0 Å². The maximum Gasteiger partial charge on any atom is 0.507 e. The minimum Gasteiger partial charge on any atom is -0.456 e. The van der Waals surface area contributed by atoms with E-state index in [1.165, 1.54) is 29.2 Å². The Kier molecular flexibility index (Phi) is 15.8. The average Bonchev–Trinajstić information content (AvgIpc) is 3.05. The lowest BCUT2D eigenvalue weighted by atomic mass is 9.93. The summed E-state index contributed by atoms with van der Waals surface area (Å²) in [5, 5.41) is 2.36. The first kappa shape index (κ1) is 37.5. The summed E-state index contributed by atoms with van der Waals surface area (Å²) in [4.78, 5) is 29.1. The van der Waals surface area contributed by atoms with Gasteiger partial charge in [0.15, 0.2) is 0 Å². The topological polar surface area (TPSA) is 148 Å². The van der Waals surface area contributed by atoms with Crippen LogP contribution in [-0.2, 0) is 18.6 Å². The molecule has 45 heavy (non-hydrogen) atoms. The highest BCUT2D eigenvalue weighted by Crippen LogP contribution is 2.40. The third-order valence-corrected chi connectivity index (χ3v) is 7.46. The lowest BCUT2D eigenvalue weighted by molar-refractivity contribution is 0.0674. The lowest BCUT2D eigenvalue weighted by Crippen LogP contribution is -2.29. The highest BCUT2D eigenvalue weighted by Gasteiger charge is 2.19. The van der Waals surface area contributed by atoms with Crippen LogP contribution in [0.25, 0.3) is 33.4 Å². The fourth-order valence-corrected chi connectivity index (χ4v) is 5.18. The van der Waals surface area contributed by atoms with Crippen molar-refractivity contribution in [3.63, 3.8) is 0 Å². The van der Waals surface area contributed by atoms with Crippen LogP contribution >= 0.6 is 7.82 Å². The predicted octanol–water partition coefficient (Wildman–Crippen LogP) is 5.71. The van der Waals surface area contributed by atoms with E-state index in [4.69, 9.17) is 14.2 Å². The quantitative estimate of drug-likeness (QED) is 0.0610. The van der Waals surface area contributed by atoms with Crippen LogP contribution in [0.5, 0.6) is 0 Å². The maximum absolute atomic E-state index is 10.3. The van der Waals surface area contributed by atoms with Crippen molar-refractivity contribution in [1.29, 1.82) is 0 Å². The number of fused-ring (bicyclic) bond motifs is 2. The Bertz CT molecular complexity index is 1560. The number of benzene rings is 3. The van der Waals surface area contributed by atoms with E-state index in [9.17, 15) is 9.36 Å². The van der Waals surface area contributed by atoms with Crippen LogP contribution in [0.15, 0.2) is 71.1 Å². The van der Waals surface area contributed by atoms with Crippen molar-refractivity contribution >= 4 is 30.6 Å². The summed E-state index contributed by atoms with van der Waals surface area (Å²) in [7, 11) is -1.75. The highest BCUT2D eigenvalue weighted by atomic mass is 31.2. The number of nitrogens with two attached hydrogens (primary N) is 1. The van der Waals surface area contributed by atoms with Crippen LogP contribution < -0.4 is 20.6 Å². The summed E-state index contributed by atoms with van der Waals surface area (Å²) < 4.78 is 31.6. The van der Waals surface area contributed by atoms with Crippen LogP contribution in [0.2, 0.25) is 0 Å². The van der Waals surface area contributed by atoms with Crippen LogP contribution in [0.1, 0.15) is 34.1 Å². The Morgan fingerprint density at radius 1 is 0.933 bits per heavy atom. The van der Waals surface area contributed by atoms with Crippen molar-refractivity contribution < 1.29 is 37.6 Å². The average molecular weight is 645 g/mol. The zero-order valence-corrected chi connectivity index (χ0v) is 28.0. The number of methoxy groups -OCH3 is 1. The lowest BCUT2D eigenvalue weighted by Gasteiger charge is -2.22. The summed E-state index contributed by atoms with van der Waals surface area (Å²) in [5.74, 6) is 0.933. The number of anilines is 1. The molecule has 11 nitrogen and oxygen atoms in total. The smallest absolute Gasteiger partial charge is 0.456 e. The van der Waals surface area contributed by atoms with E-state index >= 15 is 0 Å². The molecule has 1 aliphatic carbocycles. The van der Waals surface area contributed by atoms with Crippen molar-refractivity contribution in [1.82, 2.24) is 4.58 Å². The standard InChI is InChI=1S/C27H31N2O.C5H11O7P.CH5N/c1-5-28(6-2)21-14-16-23-25(18-21)30-26-19-22(29(7-3)8-4)15-17-24(26)27(23)20-12-10-9-11-13-20;1-10-5(6)11-3-2-4-12-13(7,8)9;1-2/h9-19H,5-8H2,1-4H3;2-4H2,1H3,(H2,7,8,9);2H2,1H3/q+1;;. The van der Waals surface area contributed by atoms with Gasteiger partial charge in [0.1, 0.15) is 24.4 Å². The Morgan fingerprint density at radius 2 is 1.60 bits per heavy atom. The predicted molar refractivity (Wildman–Crippen MR) is 179 cm³/mol. The van der Waals surface area contributed by atoms with Gasteiger partial charge in [-0.25, -0.2) is 13.9 Å². The van der Waals surface area contributed by atoms with E-state index in [0.717, 1.165) is 55.6 Å². The van der Waals surface area contributed by atoms with E-state index in [2.05, 4.69) is 124 Å². The molecule has 0 radical (unpaired) electrons. The first-order valence-electron chi connectivity index (χ1n) is 15.0. The molecule has 0 saturated heterocycles. The summed E-state index contributed by atoms with van der Waals surface area (Å²) in [6, 6.07) is 23.9. The molecule has 0 atom stereocenters. The van der Waals surface area contributed by atoms with E-state index in [0.29, 0.717) is 0 Å². The first-order valence-corrected chi connectivity index (χ1v) is 16.6.